The van der Waals surface area contributed by atoms with Gasteiger partial charge in [0.1, 0.15) is 11.6 Å². The molecule has 0 spiro atoms. The summed E-state index contributed by atoms with van der Waals surface area (Å²) in [7, 11) is -3.47. The fourth-order valence-electron chi connectivity index (χ4n) is 3.87. The molecule has 4 rings (SSSR count). The van der Waals surface area contributed by atoms with Crippen LogP contribution in [0.3, 0.4) is 0 Å². The molecule has 3 heterocycles. The van der Waals surface area contributed by atoms with Gasteiger partial charge in [-0.15, -0.1) is 0 Å². The van der Waals surface area contributed by atoms with Gasteiger partial charge < -0.3 is 0 Å². The van der Waals surface area contributed by atoms with Crippen molar-refractivity contribution < 1.29 is 12.8 Å². The standard InChI is InChI=1S/C24H21FN4O2S/c1-32(30,31)29-23-8-2-7-22(28-23)15-24(19-5-3-13-26-16-19,20-6-4-14-27-17-20)18-9-11-21(25)12-10-18/h2-14,16-17H,15H2,1H3,(H,28,29). The van der Waals surface area contributed by atoms with Gasteiger partial charge in [-0.1, -0.05) is 30.3 Å². The molecule has 1 aromatic carbocycles. The maximum atomic E-state index is 13.8. The minimum absolute atomic E-state index is 0.232. The topological polar surface area (TPSA) is 84.8 Å². The fourth-order valence-corrected chi connectivity index (χ4v) is 4.36. The van der Waals surface area contributed by atoms with Crippen LogP contribution in [0, 0.1) is 5.82 Å². The Morgan fingerprint density at radius 3 is 2.00 bits per heavy atom. The summed E-state index contributed by atoms with van der Waals surface area (Å²) in [5.41, 5.74) is 2.46. The fraction of sp³-hybridized carbons (Fsp3) is 0.125. The Morgan fingerprint density at radius 2 is 1.47 bits per heavy atom. The Bertz CT molecular complexity index is 1260. The van der Waals surface area contributed by atoms with E-state index in [2.05, 4.69) is 19.7 Å². The smallest absolute Gasteiger partial charge is 0.230 e. The van der Waals surface area contributed by atoms with Gasteiger partial charge in [-0.3, -0.25) is 14.7 Å². The second-order valence-corrected chi connectivity index (χ2v) is 9.21. The molecular weight excluding hydrogens is 427 g/mol. The summed E-state index contributed by atoms with van der Waals surface area (Å²) < 4.78 is 39.6. The molecule has 0 aliphatic carbocycles. The largest absolute Gasteiger partial charge is 0.268 e. The van der Waals surface area contributed by atoms with Crippen LogP contribution in [0.2, 0.25) is 0 Å². The van der Waals surface area contributed by atoms with Gasteiger partial charge in [-0.25, -0.2) is 17.8 Å². The zero-order valence-corrected chi connectivity index (χ0v) is 18.1. The van der Waals surface area contributed by atoms with Crippen molar-refractivity contribution >= 4 is 15.8 Å². The number of anilines is 1. The van der Waals surface area contributed by atoms with E-state index in [0.717, 1.165) is 22.9 Å². The van der Waals surface area contributed by atoms with Gasteiger partial charge in [0.15, 0.2) is 0 Å². The number of nitrogens with zero attached hydrogens (tertiary/aromatic N) is 3. The Labute approximate surface area is 186 Å². The average Bonchev–Trinajstić information content (AvgIpc) is 2.78. The summed E-state index contributed by atoms with van der Waals surface area (Å²) in [5, 5.41) is 0. The lowest BCUT2D eigenvalue weighted by Gasteiger charge is -2.35. The molecule has 8 heteroatoms. The molecule has 1 N–H and O–H groups in total. The molecule has 0 aliphatic rings. The molecule has 0 fully saturated rings. The van der Waals surface area contributed by atoms with Gasteiger partial charge in [0.25, 0.3) is 0 Å². The summed E-state index contributed by atoms with van der Waals surface area (Å²) in [5.74, 6) is -0.104. The van der Waals surface area contributed by atoms with Crippen molar-refractivity contribution in [3.63, 3.8) is 0 Å². The van der Waals surface area contributed by atoms with E-state index in [4.69, 9.17) is 0 Å². The van der Waals surface area contributed by atoms with E-state index < -0.39 is 15.4 Å². The molecule has 0 atom stereocenters. The minimum Gasteiger partial charge on any atom is -0.268 e. The lowest BCUT2D eigenvalue weighted by Crippen LogP contribution is -2.33. The summed E-state index contributed by atoms with van der Waals surface area (Å²) in [6.45, 7) is 0. The van der Waals surface area contributed by atoms with Crippen LogP contribution in [0.25, 0.3) is 0 Å². The van der Waals surface area contributed by atoms with Gasteiger partial charge in [-0.05, 0) is 53.1 Å². The minimum atomic E-state index is -3.47. The lowest BCUT2D eigenvalue weighted by atomic mass is 9.67. The Kier molecular flexibility index (Phi) is 5.96. The molecule has 0 saturated carbocycles. The predicted octanol–water partition coefficient (Wildman–Crippen LogP) is 3.96. The molecule has 4 aromatic rings. The first-order valence-corrected chi connectivity index (χ1v) is 11.8. The number of rotatable bonds is 7. The number of halogens is 1. The van der Waals surface area contributed by atoms with E-state index in [1.807, 2.05) is 30.3 Å². The molecule has 0 aliphatic heterocycles. The van der Waals surface area contributed by atoms with Crippen LogP contribution in [0.15, 0.2) is 91.5 Å². The highest BCUT2D eigenvalue weighted by molar-refractivity contribution is 7.92. The number of hydrogen-bond acceptors (Lipinski definition) is 5. The Morgan fingerprint density at radius 1 is 0.844 bits per heavy atom. The van der Waals surface area contributed by atoms with Crippen LogP contribution >= 0.6 is 0 Å². The van der Waals surface area contributed by atoms with Gasteiger partial charge in [0.05, 0.1) is 11.7 Å². The van der Waals surface area contributed by atoms with E-state index in [1.54, 1.807) is 49.1 Å². The number of hydrogen-bond donors (Lipinski definition) is 1. The van der Waals surface area contributed by atoms with Crippen LogP contribution in [0.4, 0.5) is 10.2 Å². The highest BCUT2D eigenvalue weighted by Gasteiger charge is 2.37. The molecule has 0 bridgehead atoms. The normalized spacial score (nSPS) is 11.8. The van der Waals surface area contributed by atoms with Crippen LogP contribution in [0.5, 0.6) is 0 Å². The average molecular weight is 449 g/mol. The first-order chi connectivity index (χ1) is 15.4. The molecule has 0 unspecified atom stereocenters. The van der Waals surface area contributed by atoms with Crippen LogP contribution in [-0.2, 0) is 21.9 Å². The van der Waals surface area contributed by atoms with Crippen molar-refractivity contribution in [3.8, 4) is 0 Å². The number of pyridine rings is 3. The third kappa shape index (κ3) is 4.65. The number of nitrogens with one attached hydrogen (secondary N) is 1. The van der Waals surface area contributed by atoms with E-state index in [1.165, 1.54) is 12.1 Å². The third-order valence-electron chi connectivity index (χ3n) is 5.19. The molecule has 3 aromatic heterocycles. The quantitative estimate of drug-likeness (QED) is 0.463. The molecule has 0 radical (unpaired) electrons. The molecule has 162 valence electrons. The van der Waals surface area contributed by atoms with E-state index in [-0.39, 0.29) is 11.6 Å². The SMILES string of the molecule is CS(=O)(=O)Nc1cccc(CC(c2ccc(F)cc2)(c2cccnc2)c2cccnc2)n1. The summed E-state index contributed by atoms with van der Waals surface area (Å²) in [6.07, 6.45) is 8.38. The number of aromatic nitrogens is 3. The van der Waals surface area contributed by atoms with Gasteiger partial charge in [-0.2, -0.15) is 0 Å². The van der Waals surface area contributed by atoms with Crippen molar-refractivity contribution in [3.05, 3.63) is 120 Å². The van der Waals surface area contributed by atoms with E-state index in [9.17, 15) is 12.8 Å². The summed E-state index contributed by atoms with van der Waals surface area (Å²) >= 11 is 0. The zero-order chi connectivity index (χ0) is 22.6. The second-order valence-electron chi connectivity index (χ2n) is 7.46. The Balaban J connectivity index is 1.93. The van der Waals surface area contributed by atoms with E-state index >= 15 is 0 Å². The lowest BCUT2D eigenvalue weighted by molar-refractivity contribution is 0.590. The number of benzene rings is 1. The van der Waals surface area contributed by atoms with Crippen molar-refractivity contribution in [1.82, 2.24) is 15.0 Å². The third-order valence-corrected chi connectivity index (χ3v) is 5.77. The first-order valence-electron chi connectivity index (χ1n) is 9.88. The summed E-state index contributed by atoms with van der Waals surface area (Å²) in [6, 6.07) is 19.1. The van der Waals surface area contributed by atoms with Crippen LogP contribution in [0.1, 0.15) is 22.4 Å². The van der Waals surface area contributed by atoms with Crippen LogP contribution in [-0.4, -0.2) is 29.6 Å². The highest BCUT2D eigenvalue weighted by atomic mass is 32.2. The monoisotopic (exact) mass is 448 g/mol. The van der Waals surface area contributed by atoms with Crippen LogP contribution < -0.4 is 4.72 Å². The maximum Gasteiger partial charge on any atom is 0.230 e. The molecule has 0 amide bonds. The van der Waals surface area contributed by atoms with Gasteiger partial charge in [0, 0.05) is 36.9 Å². The van der Waals surface area contributed by atoms with Crippen molar-refractivity contribution in [1.29, 1.82) is 0 Å². The van der Waals surface area contributed by atoms with Gasteiger partial charge in [0.2, 0.25) is 10.0 Å². The van der Waals surface area contributed by atoms with Crippen molar-refractivity contribution in [2.75, 3.05) is 11.0 Å². The van der Waals surface area contributed by atoms with Crippen molar-refractivity contribution in [2.45, 2.75) is 11.8 Å². The first kappa shape index (κ1) is 21.6. The second kappa shape index (κ2) is 8.84. The van der Waals surface area contributed by atoms with Crippen molar-refractivity contribution in [2.24, 2.45) is 0 Å². The Hall–Kier alpha value is -3.65. The predicted molar refractivity (Wildman–Crippen MR) is 121 cm³/mol. The van der Waals surface area contributed by atoms with E-state index in [0.29, 0.717) is 12.1 Å². The van der Waals surface area contributed by atoms with Gasteiger partial charge >= 0.3 is 0 Å². The maximum absolute atomic E-state index is 13.8. The molecular formula is C24H21FN4O2S. The zero-order valence-electron chi connectivity index (χ0n) is 17.3. The molecule has 0 saturated heterocycles. The summed E-state index contributed by atoms with van der Waals surface area (Å²) in [4.78, 5) is 13.2. The highest BCUT2D eigenvalue weighted by Crippen LogP contribution is 2.41. The molecule has 6 nitrogen and oxygen atoms in total. The number of sulfonamides is 1. The molecule has 32 heavy (non-hydrogen) atoms.